The van der Waals surface area contributed by atoms with Crippen LogP contribution in [0.3, 0.4) is 0 Å². The van der Waals surface area contributed by atoms with E-state index in [9.17, 15) is 13.2 Å². The van der Waals surface area contributed by atoms with Gasteiger partial charge in [0, 0.05) is 18.7 Å². The number of H-pyrrole nitrogens is 1. The Bertz CT molecular complexity index is 824. The Kier molecular flexibility index (Phi) is 4.07. The summed E-state index contributed by atoms with van der Waals surface area (Å²) in [6.07, 6.45) is 2.10. The summed E-state index contributed by atoms with van der Waals surface area (Å²) in [5.74, 6) is -0.595. The summed E-state index contributed by atoms with van der Waals surface area (Å²) >= 11 is 0. The molecule has 1 aliphatic rings. The number of hydrogen-bond donors (Lipinski definition) is 2. The van der Waals surface area contributed by atoms with E-state index in [2.05, 4.69) is 21.5 Å². The van der Waals surface area contributed by atoms with Crippen LogP contribution in [0.5, 0.6) is 0 Å². The molecule has 2 heterocycles. The number of fused-ring (bicyclic) bond motifs is 1. The summed E-state index contributed by atoms with van der Waals surface area (Å²) in [5.41, 5.74) is 0.723. The standard InChI is InChI=1S/C14H19N3O4S/c1-2-17-7-3-4-10(17)9-15-22(19,20)11-5-6-12-13(8-11)21-14(18)16-12/h5-6,8,10,15H,2-4,7,9H2,1H3,(H,16,18). The van der Waals surface area contributed by atoms with E-state index >= 15 is 0 Å². The van der Waals surface area contributed by atoms with Crippen LogP contribution in [-0.2, 0) is 10.0 Å². The maximum absolute atomic E-state index is 12.4. The molecule has 0 spiro atoms. The lowest BCUT2D eigenvalue weighted by Crippen LogP contribution is -2.39. The number of aromatic nitrogens is 1. The maximum atomic E-state index is 12.4. The molecule has 1 unspecified atom stereocenters. The molecular formula is C14H19N3O4S. The quantitative estimate of drug-likeness (QED) is 0.851. The maximum Gasteiger partial charge on any atom is 0.417 e. The lowest BCUT2D eigenvalue weighted by Gasteiger charge is -2.22. The molecule has 0 amide bonds. The van der Waals surface area contributed by atoms with Crippen molar-refractivity contribution in [2.45, 2.75) is 30.7 Å². The molecule has 120 valence electrons. The smallest absolute Gasteiger partial charge is 0.408 e. The van der Waals surface area contributed by atoms with Crippen LogP contribution in [-0.4, -0.2) is 44.0 Å². The summed E-state index contributed by atoms with van der Waals surface area (Å²) < 4.78 is 32.3. The number of rotatable bonds is 5. The molecule has 1 aromatic carbocycles. The van der Waals surface area contributed by atoms with Gasteiger partial charge in [0.15, 0.2) is 5.58 Å². The van der Waals surface area contributed by atoms with Gasteiger partial charge in [-0.2, -0.15) is 0 Å². The molecule has 22 heavy (non-hydrogen) atoms. The molecule has 3 rings (SSSR count). The van der Waals surface area contributed by atoms with E-state index in [0.29, 0.717) is 12.1 Å². The highest BCUT2D eigenvalue weighted by Gasteiger charge is 2.25. The first-order valence-electron chi connectivity index (χ1n) is 7.36. The third-order valence-corrected chi connectivity index (χ3v) is 5.54. The topological polar surface area (TPSA) is 95.4 Å². The molecule has 7 nitrogen and oxygen atoms in total. The molecule has 1 atom stereocenters. The van der Waals surface area contributed by atoms with Crippen molar-refractivity contribution in [2.75, 3.05) is 19.6 Å². The van der Waals surface area contributed by atoms with Gasteiger partial charge in [-0.05, 0) is 38.1 Å². The van der Waals surface area contributed by atoms with Gasteiger partial charge in [0.05, 0.1) is 10.4 Å². The zero-order chi connectivity index (χ0) is 15.7. The average molecular weight is 325 g/mol. The lowest BCUT2D eigenvalue weighted by atomic mass is 10.2. The summed E-state index contributed by atoms with van der Waals surface area (Å²) in [6, 6.07) is 4.60. The Labute approximate surface area is 128 Å². The van der Waals surface area contributed by atoms with Gasteiger partial charge in [0.25, 0.3) is 0 Å². The second-order valence-electron chi connectivity index (χ2n) is 5.45. The van der Waals surface area contributed by atoms with Crippen molar-refractivity contribution in [1.82, 2.24) is 14.6 Å². The molecular weight excluding hydrogens is 306 g/mol. The normalized spacial score (nSPS) is 20.0. The number of nitrogens with one attached hydrogen (secondary N) is 2. The minimum Gasteiger partial charge on any atom is -0.408 e. The van der Waals surface area contributed by atoms with Crippen LogP contribution < -0.4 is 10.5 Å². The summed E-state index contributed by atoms with van der Waals surface area (Å²) in [7, 11) is -3.61. The van der Waals surface area contributed by atoms with Crippen LogP contribution in [0.1, 0.15) is 19.8 Å². The molecule has 0 radical (unpaired) electrons. The van der Waals surface area contributed by atoms with Crippen LogP contribution in [0, 0.1) is 0 Å². The van der Waals surface area contributed by atoms with Gasteiger partial charge in [-0.1, -0.05) is 6.92 Å². The number of benzene rings is 1. The van der Waals surface area contributed by atoms with Crippen molar-refractivity contribution in [3.63, 3.8) is 0 Å². The highest BCUT2D eigenvalue weighted by atomic mass is 32.2. The fourth-order valence-electron chi connectivity index (χ4n) is 2.92. The van der Waals surface area contributed by atoms with Crippen LogP contribution in [0.2, 0.25) is 0 Å². The molecule has 2 N–H and O–H groups in total. The average Bonchev–Trinajstić information content (AvgIpc) is 3.08. The van der Waals surface area contributed by atoms with Crippen molar-refractivity contribution in [3.8, 4) is 0 Å². The Morgan fingerprint density at radius 1 is 1.45 bits per heavy atom. The second-order valence-corrected chi connectivity index (χ2v) is 7.22. The van der Waals surface area contributed by atoms with Crippen molar-refractivity contribution in [2.24, 2.45) is 0 Å². The predicted octanol–water partition coefficient (Wildman–Crippen LogP) is 0.884. The number of nitrogens with zero attached hydrogens (tertiary/aromatic N) is 1. The van der Waals surface area contributed by atoms with E-state index in [1.165, 1.54) is 18.2 Å². The number of sulfonamides is 1. The van der Waals surface area contributed by atoms with Gasteiger partial charge in [-0.25, -0.2) is 17.9 Å². The molecule has 0 bridgehead atoms. The van der Waals surface area contributed by atoms with Crippen LogP contribution >= 0.6 is 0 Å². The highest BCUT2D eigenvalue weighted by Crippen LogP contribution is 2.19. The van der Waals surface area contributed by atoms with E-state index in [4.69, 9.17) is 4.42 Å². The van der Waals surface area contributed by atoms with E-state index < -0.39 is 15.8 Å². The van der Waals surface area contributed by atoms with E-state index in [-0.39, 0.29) is 16.5 Å². The molecule has 0 saturated carbocycles. The highest BCUT2D eigenvalue weighted by molar-refractivity contribution is 7.89. The third kappa shape index (κ3) is 2.94. The van der Waals surface area contributed by atoms with E-state index in [0.717, 1.165) is 25.9 Å². The number of likely N-dealkylation sites (tertiary alicyclic amines) is 1. The van der Waals surface area contributed by atoms with Gasteiger partial charge in [-0.3, -0.25) is 9.88 Å². The first kappa shape index (κ1) is 15.3. The number of oxazole rings is 1. The first-order chi connectivity index (χ1) is 10.5. The van der Waals surface area contributed by atoms with Crippen LogP contribution in [0.25, 0.3) is 11.1 Å². The third-order valence-electron chi connectivity index (χ3n) is 4.12. The Hall–Kier alpha value is -1.64. The zero-order valence-electron chi connectivity index (χ0n) is 12.3. The summed E-state index contributed by atoms with van der Waals surface area (Å²) in [4.78, 5) is 16.0. The van der Waals surface area contributed by atoms with E-state index in [1.807, 2.05) is 0 Å². The predicted molar refractivity (Wildman–Crippen MR) is 82.3 cm³/mol. The summed E-state index contributed by atoms with van der Waals surface area (Å²) in [5, 5.41) is 0. The Morgan fingerprint density at radius 3 is 3.05 bits per heavy atom. The minimum absolute atomic E-state index is 0.101. The number of hydrogen-bond acceptors (Lipinski definition) is 5. The van der Waals surface area contributed by atoms with Gasteiger partial charge >= 0.3 is 5.76 Å². The minimum atomic E-state index is -3.61. The van der Waals surface area contributed by atoms with Gasteiger partial charge in [0.1, 0.15) is 0 Å². The monoisotopic (exact) mass is 325 g/mol. The number of aromatic amines is 1. The fraction of sp³-hybridized carbons (Fsp3) is 0.500. The molecule has 2 aromatic rings. The lowest BCUT2D eigenvalue weighted by molar-refractivity contribution is 0.268. The fourth-order valence-corrected chi connectivity index (χ4v) is 4.01. The second kappa shape index (κ2) is 5.86. The molecule has 1 fully saturated rings. The van der Waals surface area contributed by atoms with Crippen LogP contribution in [0.4, 0.5) is 0 Å². The molecule has 1 saturated heterocycles. The SMILES string of the molecule is CCN1CCCC1CNS(=O)(=O)c1ccc2[nH]c(=O)oc2c1. The van der Waals surface area contributed by atoms with Gasteiger partial charge in [0.2, 0.25) is 10.0 Å². The number of likely N-dealkylation sites (N-methyl/N-ethyl adjacent to an activating group) is 1. The van der Waals surface area contributed by atoms with Crippen molar-refractivity contribution in [1.29, 1.82) is 0 Å². The summed E-state index contributed by atoms with van der Waals surface area (Å²) in [6.45, 7) is 4.41. The molecule has 0 aliphatic carbocycles. The molecule has 1 aliphatic heterocycles. The largest absolute Gasteiger partial charge is 0.417 e. The van der Waals surface area contributed by atoms with E-state index in [1.54, 1.807) is 0 Å². The Balaban J connectivity index is 1.77. The van der Waals surface area contributed by atoms with Crippen molar-refractivity contribution >= 4 is 21.1 Å². The van der Waals surface area contributed by atoms with Gasteiger partial charge < -0.3 is 4.42 Å². The van der Waals surface area contributed by atoms with Gasteiger partial charge in [-0.15, -0.1) is 0 Å². The van der Waals surface area contributed by atoms with Crippen molar-refractivity contribution < 1.29 is 12.8 Å². The van der Waals surface area contributed by atoms with Crippen molar-refractivity contribution in [3.05, 3.63) is 28.7 Å². The van der Waals surface area contributed by atoms with Crippen LogP contribution in [0.15, 0.2) is 32.3 Å². The first-order valence-corrected chi connectivity index (χ1v) is 8.84. The molecule has 1 aromatic heterocycles. The molecule has 8 heteroatoms. The zero-order valence-corrected chi connectivity index (χ0v) is 13.1. The Morgan fingerprint density at radius 2 is 2.27 bits per heavy atom.